The highest BCUT2D eigenvalue weighted by Gasteiger charge is 2.32. The Morgan fingerprint density at radius 1 is 1.08 bits per heavy atom. The van der Waals surface area contributed by atoms with E-state index in [1.165, 1.54) is 5.56 Å². The molecule has 2 saturated heterocycles. The highest BCUT2D eigenvalue weighted by atomic mass is 16.5. The van der Waals surface area contributed by atoms with Gasteiger partial charge in [0.2, 0.25) is 5.95 Å². The molecule has 0 saturated carbocycles. The van der Waals surface area contributed by atoms with Crippen molar-refractivity contribution in [3.63, 3.8) is 0 Å². The van der Waals surface area contributed by atoms with Crippen molar-refractivity contribution < 1.29 is 9.84 Å². The zero-order chi connectivity index (χ0) is 17.9. The van der Waals surface area contributed by atoms with Gasteiger partial charge in [0.15, 0.2) is 0 Å². The first-order chi connectivity index (χ1) is 12.7. The molecule has 2 aromatic heterocycles. The molecule has 2 aromatic rings. The third-order valence-electron chi connectivity index (χ3n) is 5.03. The molecule has 0 aliphatic carbocycles. The lowest BCUT2D eigenvalue weighted by Crippen LogP contribution is -2.37. The summed E-state index contributed by atoms with van der Waals surface area (Å²) in [5.74, 6) is 2.01. The van der Waals surface area contributed by atoms with Crippen LogP contribution in [0.15, 0.2) is 30.6 Å². The lowest BCUT2D eigenvalue weighted by Gasteiger charge is -2.28. The van der Waals surface area contributed by atoms with Crippen molar-refractivity contribution in [3.05, 3.63) is 36.2 Å². The van der Waals surface area contributed by atoms with Crippen molar-refractivity contribution in [1.82, 2.24) is 15.0 Å². The van der Waals surface area contributed by atoms with E-state index in [0.717, 1.165) is 37.7 Å². The molecule has 4 rings (SSSR count). The van der Waals surface area contributed by atoms with Gasteiger partial charge in [0.05, 0.1) is 19.3 Å². The number of anilines is 3. The molecule has 3 N–H and O–H groups in total. The summed E-state index contributed by atoms with van der Waals surface area (Å²) >= 11 is 0. The maximum atomic E-state index is 10.5. The van der Waals surface area contributed by atoms with Gasteiger partial charge in [-0.25, -0.2) is 0 Å². The lowest BCUT2D eigenvalue weighted by molar-refractivity contribution is 0.122. The zero-order valence-corrected chi connectivity index (χ0v) is 14.7. The molecular weight excluding hydrogens is 332 g/mol. The molecule has 2 fully saturated rings. The summed E-state index contributed by atoms with van der Waals surface area (Å²) < 4.78 is 5.40. The van der Waals surface area contributed by atoms with Crippen molar-refractivity contribution in [2.75, 3.05) is 54.9 Å². The van der Waals surface area contributed by atoms with Crippen molar-refractivity contribution in [2.45, 2.75) is 12.5 Å². The Balaban J connectivity index is 1.49. The van der Waals surface area contributed by atoms with Gasteiger partial charge in [-0.2, -0.15) is 9.97 Å². The zero-order valence-electron chi connectivity index (χ0n) is 14.7. The number of morpholine rings is 1. The number of aliphatic hydroxyl groups excluding tert-OH is 1. The van der Waals surface area contributed by atoms with E-state index < -0.39 is 6.10 Å². The third kappa shape index (κ3) is 3.71. The Labute approximate surface area is 152 Å². The van der Waals surface area contributed by atoms with E-state index in [4.69, 9.17) is 10.5 Å². The Hall–Kier alpha value is -2.45. The average molecular weight is 356 g/mol. The summed E-state index contributed by atoms with van der Waals surface area (Å²) in [4.78, 5) is 17.1. The highest BCUT2D eigenvalue weighted by Crippen LogP contribution is 2.28. The normalized spacial score (nSPS) is 23.4. The molecule has 2 aliphatic heterocycles. The second kappa shape index (κ2) is 7.43. The standard InChI is InChI=1S/C18H24N6O2/c19-18-21-16(23-5-7-26-8-6-23)10-17(22-18)24-11-14(15(25)12-24)9-13-1-3-20-4-2-13/h1-4,10,14-15,25H,5-9,11-12H2,(H2,19,21,22)/t14-,15+/m1/s1. The smallest absolute Gasteiger partial charge is 0.223 e. The molecular formula is C18H24N6O2. The fraction of sp³-hybridized carbons (Fsp3) is 0.500. The van der Waals surface area contributed by atoms with Crippen LogP contribution in [-0.4, -0.2) is 65.6 Å². The first kappa shape index (κ1) is 17.0. The van der Waals surface area contributed by atoms with Gasteiger partial charge in [0.1, 0.15) is 11.6 Å². The number of rotatable bonds is 4. The fourth-order valence-corrected chi connectivity index (χ4v) is 3.62. The Morgan fingerprint density at radius 3 is 2.50 bits per heavy atom. The van der Waals surface area contributed by atoms with Crippen molar-refractivity contribution in [1.29, 1.82) is 0 Å². The minimum absolute atomic E-state index is 0.153. The average Bonchev–Trinajstić information content (AvgIpc) is 3.03. The molecule has 0 bridgehead atoms. The van der Waals surface area contributed by atoms with E-state index >= 15 is 0 Å². The van der Waals surface area contributed by atoms with Gasteiger partial charge in [0.25, 0.3) is 0 Å². The van der Waals surface area contributed by atoms with Crippen LogP contribution in [0.4, 0.5) is 17.6 Å². The Kier molecular flexibility index (Phi) is 4.85. The number of aliphatic hydroxyl groups is 1. The van der Waals surface area contributed by atoms with Gasteiger partial charge < -0.3 is 25.4 Å². The largest absolute Gasteiger partial charge is 0.391 e. The van der Waals surface area contributed by atoms with Gasteiger partial charge in [-0.3, -0.25) is 4.98 Å². The van der Waals surface area contributed by atoms with E-state index in [-0.39, 0.29) is 11.9 Å². The molecule has 2 atom stereocenters. The van der Waals surface area contributed by atoms with Crippen LogP contribution in [0.1, 0.15) is 5.56 Å². The van der Waals surface area contributed by atoms with Crippen LogP contribution in [0.3, 0.4) is 0 Å². The van der Waals surface area contributed by atoms with Gasteiger partial charge in [-0.15, -0.1) is 0 Å². The van der Waals surface area contributed by atoms with E-state index in [2.05, 4.69) is 24.8 Å². The number of pyridine rings is 1. The van der Waals surface area contributed by atoms with E-state index in [1.807, 2.05) is 18.2 Å². The number of hydrogen-bond donors (Lipinski definition) is 2. The van der Waals surface area contributed by atoms with Crippen molar-refractivity contribution in [2.24, 2.45) is 5.92 Å². The van der Waals surface area contributed by atoms with Crippen molar-refractivity contribution >= 4 is 17.6 Å². The van der Waals surface area contributed by atoms with Crippen LogP contribution in [-0.2, 0) is 11.2 Å². The minimum Gasteiger partial charge on any atom is -0.391 e. The topological polar surface area (TPSA) is 101 Å². The van der Waals surface area contributed by atoms with Crippen LogP contribution in [0.5, 0.6) is 0 Å². The fourth-order valence-electron chi connectivity index (χ4n) is 3.62. The number of ether oxygens (including phenoxy) is 1. The molecule has 0 unspecified atom stereocenters. The Morgan fingerprint density at radius 2 is 1.77 bits per heavy atom. The molecule has 26 heavy (non-hydrogen) atoms. The van der Waals surface area contributed by atoms with Crippen LogP contribution in [0.25, 0.3) is 0 Å². The number of hydrogen-bond acceptors (Lipinski definition) is 8. The minimum atomic E-state index is -0.397. The van der Waals surface area contributed by atoms with Gasteiger partial charge in [-0.1, -0.05) is 0 Å². The number of nitrogens with two attached hydrogens (primary N) is 1. The van der Waals surface area contributed by atoms with E-state index in [9.17, 15) is 5.11 Å². The van der Waals surface area contributed by atoms with Crippen LogP contribution >= 0.6 is 0 Å². The second-order valence-electron chi connectivity index (χ2n) is 6.83. The van der Waals surface area contributed by atoms with Crippen LogP contribution < -0.4 is 15.5 Å². The monoisotopic (exact) mass is 356 g/mol. The molecule has 8 heteroatoms. The maximum absolute atomic E-state index is 10.5. The van der Waals surface area contributed by atoms with Gasteiger partial charge >= 0.3 is 0 Å². The van der Waals surface area contributed by atoms with Crippen LogP contribution in [0.2, 0.25) is 0 Å². The molecule has 0 amide bonds. The predicted molar refractivity (Wildman–Crippen MR) is 99.1 cm³/mol. The summed E-state index contributed by atoms with van der Waals surface area (Å²) in [6.07, 6.45) is 3.99. The quantitative estimate of drug-likeness (QED) is 0.808. The summed E-state index contributed by atoms with van der Waals surface area (Å²) in [6.45, 7) is 4.26. The molecule has 2 aliphatic rings. The highest BCUT2D eigenvalue weighted by molar-refractivity contribution is 5.55. The molecule has 0 aromatic carbocycles. The first-order valence-corrected chi connectivity index (χ1v) is 8.98. The number of β-amino-alcohol motifs (C(OH)–C–C–N with tert-alkyl or cyclic N) is 1. The summed E-state index contributed by atoms with van der Waals surface area (Å²) in [6, 6.07) is 5.95. The lowest BCUT2D eigenvalue weighted by atomic mass is 9.97. The molecule has 138 valence electrons. The molecule has 8 nitrogen and oxygen atoms in total. The van der Waals surface area contributed by atoms with Crippen LogP contribution in [0, 0.1) is 5.92 Å². The SMILES string of the molecule is Nc1nc(N2CCOCC2)cc(N2C[C@@H](Cc3ccncc3)[C@@H](O)C2)n1. The summed E-state index contributed by atoms with van der Waals surface area (Å²) in [5, 5.41) is 10.5. The van der Waals surface area contributed by atoms with Crippen molar-refractivity contribution in [3.8, 4) is 0 Å². The van der Waals surface area contributed by atoms with E-state index in [0.29, 0.717) is 19.8 Å². The Bertz CT molecular complexity index is 738. The second-order valence-corrected chi connectivity index (χ2v) is 6.83. The van der Waals surface area contributed by atoms with E-state index in [1.54, 1.807) is 12.4 Å². The summed E-state index contributed by atoms with van der Waals surface area (Å²) in [5.41, 5.74) is 7.13. The molecule has 4 heterocycles. The maximum Gasteiger partial charge on any atom is 0.223 e. The molecule has 0 spiro atoms. The third-order valence-corrected chi connectivity index (χ3v) is 5.03. The number of nitrogens with zero attached hydrogens (tertiary/aromatic N) is 5. The predicted octanol–water partition coefficient (Wildman–Crippen LogP) is 0.330. The van der Waals surface area contributed by atoms with Gasteiger partial charge in [-0.05, 0) is 24.1 Å². The van der Waals surface area contributed by atoms with Gasteiger partial charge in [0, 0.05) is 50.6 Å². The number of aromatic nitrogens is 3. The number of nitrogen functional groups attached to an aromatic ring is 1. The summed E-state index contributed by atoms with van der Waals surface area (Å²) in [7, 11) is 0. The molecule has 0 radical (unpaired) electrons. The first-order valence-electron chi connectivity index (χ1n) is 8.98.